The van der Waals surface area contributed by atoms with Crippen LogP contribution in [0.2, 0.25) is 5.15 Å². The predicted molar refractivity (Wildman–Crippen MR) is 43.4 cm³/mol. The fourth-order valence-corrected chi connectivity index (χ4v) is 0.895. The van der Waals surface area contributed by atoms with Gasteiger partial charge in [-0.25, -0.2) is 4.98 Å². The summed E-state index contributed by atoms with van der Waals surface area (Å²) in [6.45, 7) is 2.88. The molecular formula is C7H9ClN2. The second-order valence-electron chi connectivity index (χ2n) is 1.87. The number of pyridine rings is 1. The van der Waals surface area contributed by atoms with Crippen LogP contribution in [0.25, 0.3) is 0 Å². The number of hydrogen-bond acceptors (Lipinski definition) is 2. The van der Waals surface area contributed by atoms with E-state index in [-0.39, 0.29) is 0 Å². The van der Waals surface area contributed by atoms with Gasteiger partial charge in [-0.05, 0) is 19.1 Å². The maximum absolute atomic E-state index is 5.73. The van der Waals surface area contributed by atoms with E-state index in [0.717, 1.165) is 12.2 Å². The average Bonchev–Trinajstić information content (AvgIpc) is 1.94. The van der Waals surface area contributed by atoms with Gasteiger partial charge in [0.25, 0.3) is 0 Å². The maximum atomic E-state index is 5.73. The Morgan fingerprint density at radius 3 is 3.10 bits per heavy atom. The van der Waals surface area contributed by atoms with Gasteiger partial charge in [-0.2, -0.15) is 0 Å². The molecule has 2 nitrogen and oxygen atoms in total. The van der Waals surface area contributed by atoms with Crippen molar-refractivity contribution >= 4 is 17.3 Å². The fraction of sp³-hybridized carbons (Fsp3) is 0.286. The second-order valence-corrected chi connectivity index (χ2v) is 2.23. The van der Waals surface area contributed by atoms with Gasteiger partial charge in [0.1, 0.15) is 0 Å². The number of hydrogen-bond donors (Lipinski definition) is 1. The van der Waals surface area contributed by atoms with Crippen LogP contribution >= 0.6 is 11.6 Å². The van der Waals surface area contributed by atoms with Crippen molar-refractivity contribution in [3.05, 3.63) is 23.5 Å². The molecule has 0 saturated carbocycles. The highest BCUT2D eigenvalue weighted by molar-refractivity contribution is 6.31. The summed E-state index contributed by atoms with van der Waals surface area (Å²) < 4.78 is 0. The molecule has 1 heterocycles. The largest absolute Gasteiger partial charge is 0.383 e. The van der Waals surface area contributed by atoms with Gasteiger partial charge in [0, 0.05) is 12.7 Å². The summed E-state index contributed by atoms with van der Waals surface area (Å²) in [5, 5.41) is 3.61. The van der Waals surface area contributed by atoms with Crippen LogP contribution < -0.4 is 5.32 Å². The van der Waals surface area contributed by atoms with Gasteiger partial charge in [0.15, 0.2) is 5.15 Å². The minimum atomic E-state index is 0.532. The van der Waals surface area contributed by atoms with Gasteiger partial charge in [-0.15, -0.1) is 0 Å². The molecule has 0 fully saturated rings. The van der Waals surface area contributed by atoms with E-state index in [1.165, 1.54) is 0 Å². The van der Waals surface area contributed by atoms with Crippen molar-refractivity contribution in [1.29, 1.82) is 0 Å². The maximum Gasteiger partial charge on any atom is 0.152 e. The van der Waals surface area contributed by atoms with E-state index in [4.69, 9.17) is 11.6 Å². The molecule has 0 atom stereocenters. The quantitative estimate of drug-likeness (QED) is 0.664. The van der Waals surface area contributed by atoms with Gasteiger partial charge in [-0.3, -0.25) is 0 Å². The SMILES string of the molecule is CCNc1cccnc1Cl. The molecule has 0 aliphatic carbocycles. The molecule has 0 spiro atoms. The highest BCUT2D eigenvalue weighted by Gasteiger charge is 1.94. The third-order valence-electron chi connectivity index (χ3n) is 1.13. The van der Waals surface area contributed by atoms with Crippen molar-refractivity contribution in [2.24, 2.45) is 0 Å². The molecule has 0 saturated heterocycles. The highest BCUT2D eigenvalue weighted by atomic mass is 35.5. The first kappa shape index (κ1) is 7.35. The zero-order valence-corrected chi connectivity index (χ0v) is 6.52. The van der Waals surface area contributed by atoms with Crippen LogP contribution in [0.1, 0.15) is 6.92 Å². The lowest BCUT2D eigenvalue weighted by Crippen LogP contribution is -1.97. The number of anilines is 1. The Balaban J connectivity index is 2.81. The first-order valence-corrected chi connectivity index (χ1v) is 3.56. The molecule has 1 aromatic heterocycles. The van der Waals surface area contributed by atoms with E-state index in [2.05, 4.69) is 10.3 Å². The van der Waals surface area contributed by atoms with Crippen LogP contribution in [0.3, 0.4) is 0 Å². The number of nitrogens with zero attached hydrogens (tertiary/aromatic N) is 1. The molecule has 0 aromatic carbocycles. The van der Waals surface area contributed by atoms with Gasteiger partial charge in [0.2, 0.25) is 0 Å². The minimum absolute atomic E-state index is 0.532. The Morgan fingerprint density at radius 2 is 2.50 bits per heavy atom. The zero-order valence-electron chi connectivity index (χ0n) is 5.76. The van der Waals surface area contributed by atoms with E-state index in [9.17, 15) is 0 Å². The Labute approximate surface area is 65.2 Å². The molecule has 0 amide bonds. The number of halogens is 1. The Kier molecular flexibility index (Phi) is 2.51. The van der Waals surface area contributed by atoms with Crippen LogP contribution in [0.5, 0.6) is 0 Å². The summed E-state index contributed by atoms with van der Waals surface area (Å²) in [6, 6.07) is 3.75. The normalized spacial score (nSPS) is 9.40. The number of aromatic nitrogens is 1. The van der Waals surface area contributed by atoms with E-state index in [0.29, 0.717) is 5.15 Å². The molecule has 0 unspecified atom stereocenters. The zero-order chi connectivity index (χ0) is 7.40. The lowest BCUT2D eigenvalue weighted by atomic mass is 10.4. The van der Waals surface area contributed by atoms with Gasteiger partial charge >= 0.3 is 0 Å². The fourth-order valence-electron chi connectivity index (χ4n) is 0.708. The lowest BCUT2D eigenvalue weighted by molar-refractivity contribution is 1.19. The van der Waals surface area contributed by atoms with Crippen LogP contribution in [0.4, 0.5) is 5.69 Å². The molecule has 1 aromatic rings. The summed E-state index contributed by atoms with van der Waals surface area (Å²) >= 11 is 5.73. The monoisotopic (exact) mass is 156 g/mol. The first-order chi connectivity index (χ1) is 4.84. The summed E-state index contributed by atoms with van der Waals surface area (Å²) in [7, 11) is 0. The van der Waals surface area contributed by atoms with E-state index in [1.54, 1.807) is 6.20 Å². The van der Waals surface area contributed by atoms with Crippen LogP contribution in [0, 0.1) is 0 Å². The average molecular weight is 157 g/mol. The van der Waals surface area contributed by atoms with Crippen LogP contribution in [0.15, 0.2) is 18.3 Å². The Bertz CT molecular complexity index is 213. The first-order valence-electron chi connectivity index (χ1n) is 3.19. The number of nitrogens with one attached hydrogen (secondary N) is 1. The second kappa shape index (κ2) is 3.42. The summed E-state index contributed by atoms with van der Waals surface area (Å²) in [5.74, 6) is 0. The van der Waals surface area contributed by atoms with E-state index in [1.807, 2.05) is 19.1 Å². The molecule has 54 valence electrons. The predicted octanol–water partition coefficient (Wildman–Crippen LogP) is 2.17. The van der Waals surface area contributed by atoms with Crippen molar-refractivity contribution < 1.29 is 0 Å². The number of rotatable bonds is 2. The van der Waals surface area contributed by atoms with Crippen molar-refractivity contribution in [2.75, 3.05) is 11.9 Å². The molecule has 0 aliphatic rings. The smallest absolute Gasteiger partial charge is 0.152 e. The minimum Gasteiger partial charge on any atom is -0.383 e. The standard InChI is InChI=1S/C7H9ClN2/c1-2-9-6-4-3-5-10-7(6)8/h3-5,9H,2H2,1H3. The molecule has 1 N–H and O–H groups in total. The van der Waals surface area contributed by atoms with Gasteiger partial charge in [-0.1, -0.05) is 11.6 Å². The Hall–Kier alpha value is -0.760. The van der Waals surface area contributed by atoms with Crippen molar-refractivity contribution in [2.45, 2.75) is 6.92 Å². The van der Waals surface area contributed by atoms with Crippen molar-refractivity contribution in [1.82, 2.24) is 4.98 Å². The summed E-state index contributed by atoms with van der Waals surface area (Å²) in [5.41, 5.74) is 0.895. The highest BCUT2D eigenvalue weighted by Crippen LogP contribution is 2.16. The topological polar surface area (TPSA) is 24.9 Å². The van der Waals surface area contributed by atoms with Crippen LogP contribution in [-0.4, -0.2) is 11.5 Å². The summed E-state index contributed by atoms with van der Waals surface area (Å²) in [4.78, 5) is 3.90. The molecule has 0 bridgehead atoms. The van der Waals surface area contributed by atoms with Crippen molar-refractivity contribution in [3.8, 4) is 0 Å². The molecule has 0 aliphatic heterocycles. The summed E-state index contributed by atoms with van der Waals surface area (Å²) in [6.07, 6.45) is 1.67. The third-order valence-corrected chi connectivity index (χ3v) is 1.43. The van der Waals surface area contributed by atoms with Gasteiger partial charge in [0.05, 0.1) is 5.69 Å². The molecule has 3 heteroatoms. The lowest BCUT2D eigenvalue weighted by Gasteiger charge is -2.02. The third kappa shape index (κ3) is 1.61. The molecule has 0 radical (unpaired) electrons. The van der Waals surface area contributed by atoms with Crippen LogP contribution in [-0.2, 0) is 0 Å². The molecule has 1 rings (SSSR count). The Morgan fingerprint density at radius 1 is 1.70 bits per heavy atom. The van der Waals surface area contributed by atoms with Gasteiger partial charge < -0.3 is 5.32 Å². The van der Waals surface area contributed by atoms with E-state index < -0.39 is 0 Å². The van der Waals surface area contributed by atoms with E-state index >= 15 is 0 Å². The molecular weight excluding hydrogens is 148 g/mol. The van der Waals surface area contributed by atoms with Crippen molar-refractivity contribution in [3.63, 3.8) is 0 Å². The molecule has 10 heavy (non-hydrogen) atoms.